The predicted octanol–water partition coefficient (Wildman–Crippen LogP) is 25.9. The summed E-state index contributed by atoms with van der Waals surface area (Å²) in [6, 6.07) is 69.9. The summed E-state index contributed by atoms with van der Waals surface area (Å²) in [5.74, 6) is 3.16. The van der Waals surface area contributed by atoms with Gasteiger partial charge in [0.1, 0.15) is 82.5 Å². The first-order chi connectivity index (χ1) is 65.8. The quantitative estimate of drug-likeness (QED) is 0.0193. The zero-order valence-corrected chi connectivity index (χ0v) is 76.1. The van der Waals surface area contributed by atoms with Crippen LogP contribution in [0.3, 0.4) is 0 Å². The molecule has 2 heterocycles. The van der Waals surface area contributed by atoms with E-state index in [4.69, 9.17) is 85.6 Å². The lowest BCUT2D eigenvalue weighted by Crippen LogP contribution is -2.48. The Morgan fingerprint density at radius 3 is 1.29 bits per heavy atom. The molecular formula is C101H90Br3F4N11O8Si2. The Hall–Kier alpha value is -14.6. The predicted molar refractivity (Wildman–Crippen MR) is 514 cm³/mol. The Morgan fingerprint density at radius 1 is 0.558 bits per heavy atom. The summed E-state index contributed by atoms with van der Waals surface area (Å²) in [7, 11) is -1.20. The first kappa shape index (κ1) is 87.9. The number of nitriles is 1. The lowest BCUT2D eigenvalue weighted by molar-refractivity contribution is -0.207. The average molecular weight is 1970 g/mol. The number of alkyl halides is 3. The number of terminal acetylenes is 1. The lowest BCUT2D eigenvalue weighted by atomic mass is 9.84. The Kier molecular flexibility index (Phi) is 37.0. The molecular weight excluding hydrogens is 1870 g/mol. The number of benzene rings is 11. The van der Waals surface area contributed by atoms with Crippen LogP contribution in [0.5, 0.6) is 23.0 Å². The van der Waals surface area contributed by atoms with Gasteiger partial charge in [0.25, 0.3) is 0 Å². The third-order valence-electron chi connectivity index (χ3n) is 16.0. The number of tetrazole rings is 1. The monoisotopic (exact) mass is 1970 g/mol. The molecule has 2 aromatic heterocycles. The van der Waals surface area contributed by atoms with Crippen molar-refractivity contribution in [3.8, 4) is 64.3 Å². The molecule has 0 saturated heterocycles. The molecule has 0 saturated carbocycles. The van der Waals surface area contributed by atoms with Gasteiger partial charge < -0.3 is 34.3 Å². The van der Waals surface area contributed by atoms with Gasteiger partial charge in [0.05, 0.1) is 81.2 Å². The molecule has 0 unspecified atom stereocenters. The number of aromatic hydroxyl groups is 1. The highest BCUT2D eigenvalue weighted by molar-refractivity contribution is 9.10. The number of rotatable bonds is 17. The van der Waals surface area contributed by atoms with E-state index in [-0.39, 0.29) is 35.8 Å². The van der Waals surface area contributed by atoms with Crippen molar-refractivity contribution in [2.75, 3.05) is 7.11 Å². The molecule has 0 spiro atoms. The van der Waals surface area contributed by atoms with Gasteiger partial charge in [0.2, 0.25) is 0 Å². The van der Waals surface area contributed by atoms with E-state index in [1.807, 2.05) is 18.2 Å². The summed E-state index contributed by atoms with van der Waals surface area (Å²) in [4.78, 5) is 30.8. The maximum absolute atomic E-state index is 15.9. The Bertz CT molecular complexity index is 6580. The summed E-state index contributed by atoms with van der Waals surface area (Å²) < 4.78 is 170. The topological polar surface area (TPSA) is 217 Å². The van der Waals surface area contributed by atoms with E-state index in [9.17, 15) is 18.7 Å². The second-order valence-corrected chi connectivity index (χ2v) is 39.7. The van der Waals surface area contributed by atoms with Gasteiger partial charge in [-0.25, -0.2) is 42.5 Å². The van der Waals surface area contributed by atoms with Crippen LogP contribution in [0.15, 0.2) is 294 Å². The Labute approximate surface area is 795 Å². The first-order valence-electron chi connectivity index (χ1n) is 43.5. The number of methoxy groups -OCH3 is 1. The minimum Gasteiger partial charge on any atom is -0.508 e. The van der Waals surface area contributed by atoms with Gasteiger partial charge >= 0.3 is 11.9 Å². The number of ether oxygens (including phenoxy) is 4. The molecule has 654 valence electrons. The minimum absolute atomic E-state index is 0. The number of aliphatic hydroxyl groups is 2. The fraction of sp³-hybridized carbons (Fsp3) is 0.158. The van der Waals surface area contributed by atoms with Gasteiger partial charge in [-0.3, -0.25) is 4.98 Å². The third-order valence-corrected chi connectivity index (χ3v) is 19.3. The SMILES string of the molecule is C.C#C[Si](C)(C)C.Oc1ccc(Br)cc1.[2H]C([2H])(Br)c1ccc([N+]#[C-])cc1.[2H]C([2H])(O)c1ccc([N+]#[C-])cc1.[2H]C([2H])(Oc1ccc(Br)cc1)c1ccc([N+]#[C-])cc1.[2H]C([2H])(Oc1ccc(C#C[Si](C)(C)C)cc1)c1ccc([N+]#[C-])cc1.[2H]C([2H])(Oc1ccc(C#Cc2ccc(C(F)(F)[C@](O)(Cn3cnnn3)c3ccc(F)cc3F)nc2)cc1)c1ccc(C#N)cc1.[2H][2H].[C-]#[N+]c1ccc(C(=O)OC)cc1. The second kappa shape index (κ2) is 54.4. The van der Waals surface area contributed by atoms with Crippen LogP contribution in [-0.4, -0.2) is 69.7 Å². The van der Waals surface area contributed by atoms with Gasteiger partial charge in [-0.05, 0) is 172 Å². The van der Waals surface area contributed by atoms with E-state index in [2.05, 4.69) is 165 Å². The van der Waals surface area contributed by atoms with E-state index in [0.717, 1.165) is 49.9 Å². The summed E-state index contributed by atoms with van der Waals surface area (Å²) in [5, 5.41) is 46.5. The molecule has 28 heteroatoms. The van der Waals surface area contributed by atoms with E-state index < -0.39 is 88.6 Å². The lowest BCUT2D eigenvalue weighted by Gasteiger charge is -2.35. The van der Waals surface area contributed by atoms with Crippen molar-refractivity contribution in [1.82, 2.24) is 25.2 Å². The molecule has 129 heavy (non-hydrogen) atoms. The van der Waals surface area contributed by atoms with Crippen LogP contribution >= 0.6 is 47.8 Å². The van der Waals surface area contributed by atoms with Crippen molar-refractivity contribution in [1.29, 1.82) is 5.26 Å². The van der Waals surface area contributed by atoms with Gasteiger partial charge in [-0.15, -0.1) is 22.6 Å². The van der Waals surface area contributed by atoms with Crippen molar-refractivity contribution in [3.63, 3.8) is 0 Å². The number of phenols is 1. The van der Waals surface area contributed by atoms with Crippen LogP contribution in [0, 0.1) is 91.1 Å². The molecule has 0 aliphatic heterocycles. The number of aromatic nitrogens is 5. The van der Waals surface area contributed by atoms with Crippen LogP contribution in [0.2, 0.25) is 39.3 Å². The van der Waals surface area contributed by atoms with Crippen LogP contribution in [-0.2, 0) is 54.3 Å². The van der Waals surface area contributed by atoms with Crippen molar-refractivity contribution in [2.45, 2.75) is 96.3 Å². The molecule has 13 aromatic rings. The number of carbonyl (C=O) groups excluding carboxylic acids is 1. The fourth-order valence-electron chi connectivity index (χ4n) is 9.27. The molecule has 0 amide bonds. The smallest absolute Gasteiger partial charge is 0.337 e. The van der Waals surface area contributed by atoms with Crippen LogP contribution in [0.25, 0.3) is 24.2 Å². The zero-order chi connectivity index (χ0) is 104. The van der Waals surface area contributed by atoms with E-state index >= 15 is 8.78 Å². The van der Waals surface area contributed by atoms with E-state index in [0.29, 0.717) is 85.1 Å². The molecule has 0 bridgehead atoms. The third kappa shape index (κ3) is 38.0. The second-order valence-electron chi connectivity index (χ2n) is 27.9. The fourth-order valence-corrected chi connectivity index (χ4v) is 10.6. The first-order valence-corrected chi connectivity index (χ1v) is 46.8. The van der Waals surface area contributed by atoms with Gasteiger partial charge in [0.15, 0.2) is 34.0 Å². The molecule has 11 aromatic carbocycles. The summed E-state index contributed by atoms with van der Waals surface area (Å²) in [6.07, 6.45) is 7.13. The molecule has 19 nitrogen and oxygen atoms in total. The number of hydrogen-bond donors (Lipinski definition) is 3. The number of phenolic OH excluding ortho intramolecular Hbond substituents is 1. The standard InChI is InChI=1S/C31H20F4N6O2.C19H19NOSi.C14H10BrNO.C9H7NO2.C8H6BrN.C8H7NO.C6H5BrO.C5H10Si.CH4.H2/c32-25-10-13-27(28(33)15-25)30(42,19-41-20-38-39-40-41)31(34,35)29-14-9-23(17-37-29)4-1-21-7-11-26(12-8-21)43-18-24-5-2-22(16-36)3-6-24;1-20-18-9-5-17(6-10-18)15-21-19-11-7-16(8-12-19)13-14-22(2,3)4;1-16-13-6-2-11(3-7-13)10-17-14-8-4-12(15)5-9-14;1-10-8-5-3-7(4-6-8)9(11)12-2;1-10-8-4-2-7(6-9)3-5-8;1-9-8-4-2-7(6-10)3-5-8;7-5-1-3-6(8)4-2-5;1-5-6(2,3)4;;/h2-3,5-15,17,20,42H,18-19H2;5-12H,15H2,2-4H3;2-9H,10H2;3-6H,2H3;2-5H,6H2;2-5,10H,6H2;1-4,8H;1H,2-4H3;1H4;1H/t30-;;;;;;;;;/m0........./s1/i18D2;15D2;10D2;;2*6D2;;;;1+1D. The summed E-state index contributed by atoms with van der Waals surface area (Å²) in [5.41, 5.74) is 7.54. The molecule has 0 fully saturated rings. The minimum atomic E-state index is -4.21. The highest BCUT2D eigenvalue weighted by Gasteiger charge is 2.58. The maximum atomic E-state index is 15.9. The van der Waals surface area contributed by atoms with Crippen molar-refractivity contribution < 1.29 is 73.3 Å². The summed E-state index contributed by atoms with van der Waals surface area (Å²) >= 11 is 9.43. The van der Waals surface area contributed by atoms with Crippen LogP contribution in [0.4, 0.5) is 46.0 Å². The molecule has 3 N–H and O–H groups in total. The number of hydrogen-bond acceptors (Lipinski definition) is 13. The summed E-state index contributed by atoms with van der Waals surface area (Å²) in [6.45, 7) is 37.4. The molecule has 0 aliphatic rings. The highest BCUT2D eigenvalue weighted by atomic mass is 79.9. The average Bonchev–Trinajstić information content (AvgIpc) is 1.43. The number of pyridine rings is 1. The highest BCUT2D eigenvalue weighted by Crippen LogP contribution is 2.47. The number of carbonyl (C=O) groups is 1. The number of nitrogens with zero attached hydrogens (tertiary/aromatic N) is 11. The molecule has 13 rings (SSSR count). The zero-order valence-electron chi connectivity index (χ0n) is 81.4. The number of esters is 1. The van der Waals surface area contributed by atoms with Crippen molar-refractivity contribution in [3.05, 3.63) is 430 Å². The normalized spacial score (nSPS) is 12.2. The molecule has 0 aliphatic carbocycles. The largest absolute Gasteiger partial charge is 0.508 e. The van der Waals surface area contributed by atoms with E-state index in [1.165, 1.54) is 73.8 Å². The number of halogens is 7. The van der Waals surface area contributed by atoms with Gasteiger partial charge in [0, 0.05) is 54.5 Å². The van der Waals surface area contributed by atoms with Crippen molar-refractivity contribution in [2.24, 2.45) is 0 Å². The van der Waals surface area contributed by atoms with Crippen LogP contribution < -0.4 is 14.2 Å². The van der Waals surface area contributed by atoms with Gasteiger partial charge in [-0.2, -0.15) is 14.0 Å². The van der Waals surface area contributed by atoms with E-state index in [1.54, 1.807) is 170 Å². The maximum Gasteiger partial charge on any atom is 0.337 e. The Balaban J connectivity index is 0.000000366. The van der Waals surface area contributed by atoms with Crippen molar-refractivity contribution >= 4 is 98.3 Å². The Morgan fingerprint density at radius 2 is 0.938 bits per heavy atom. The molecule has 0 radical (unpaired) electrons. The van der Waals surface area contributed by atoms with Gasteiger partial charge in [-0.1, -0.05) is 246 Å². The molecule has 1 atom stereocenters. The van der Waals surface area contributed by atoms with Crippen LogP contribution in [0.1, 0.15) is 95.8 Å².